The summed E-state index contributed by atoms with van der Waals surface area (Å²) < 4.78 is 5.45. The lowest BCUT2D eigenvalue weighted by molar-refractivity contribution is -0.155. The van der Waals surface area contributed by atoms with Crippen LogP contribution in [0.25, 0.3) is 10.4 Å². The summed E-state index contributed by atoms with van der Waals surface area (Å²) in [5.41, 5.74) is 6.46. The number of hydrogen-bond donors (Lipinski definition) is 4. The van der Waals surface area contributed by atoms with Crippen LogP contribution < -0.4 is 11.2 Å². The minimum absolute atomic E-state index is 0.492. The van der Waals surface area contributed by atoms with Gasteiger partial charge in [-0.2, -0.15) is 0 Å². The Morgan fingerprint density at radius 3 is 2.62 bits per heavy atom. The molecule has 0 amide bonds. The van der Waals surface area contributed by atoms with Crippen LogP contribution in [0.5, 0.6) is 0 Å². The lowest BCUT2D eigenvalue weighted by Crippen LogP contribution is -2.38. The average molecular weight is 299 g/mol. The number of rotatable bonds is 3. The third kappa shape index (κ3) is 2.51. The zero-order valence-electron chi connectivity index (χ0n) is 10.2. The summed E-state index contributed by atoms with van der Waals surface area (Å²) in [7, 11) is 0. The van der Waals surface area contributed by atoms with Crippen molar-refractivity contribution in [2.24, 2.45) is 5.11 Å². The predicted octanol–water partition coefficient (Wildman–Crippen LogP) is -1.82. The molecule has 12 nitrogen and oxygen atoms in total. The minimum atomic E-state index is -1.80. The molecule has 0 bridgehead atoms. The van der Waals surface area contributed by atoms with Gasteiger partial charge in [0, 0.05) is 11.0 Å². The molecule has 1 aromatic rings. The van der Waals surface area contributed by atoms with Crippen molar-refractivity contribution in [2.75, 3.05) is 0 Å². The molecular formula is C9H9N5O7. The fourth-order valence-electron chi connectivity index (χ4n) is 1.94. The maximum Gasteiger partial charge on any atom is 0.335 e. The number of nitrogens with zero attached hydrogens (tertiary/aromatic N) is 4. The normalized spacial score (nSPS) is 28.1. The lowest BCUT2D eigenvalue weighted by atomic mass is 10.1. The first kappa shape index (κ1) is 14.7. The molecule has 0 spiro atoms. The number of aromatic amines is 1. The topological polar surface area (TPSA) is 191 Å². The molecule has 1 fully saturated rings. The number of azide groups is 1. The van der Waals surface area contributed by atoms with Gasteiger partial charge < -0.3 is 20.1 Å². The summed E-state index contributed by atoms with van der Waals surface area (Å²) in [6.45, 7) is 0. The second-order valence-corrected chi connectivity index (χ2v) is 4.12. The van der Waals surface area contributed by atoms with Gasteiger partial charge in [-0.1, -0.05) is 0 Å². The molecule has 4 N–H and O–H groups in total. The van der Waals surface area contributed by atoms with Crippen LogP contribution in [0.2, 0.25) is 0 Å². The number of H-pyrrole nitrogens is 1. The van der Waals surface area contributed by atoms with Gasteiger partial charge in [-0.15, -0.1) is 0 Å². The summed E-state index contributed by atoms with van der Waals surface area (Å²) in [6, 6.07) is 0.762. The molecule has 1 aliphatic heterocycles. The standard InChI is InChI=1S/C9H9N5O7/c10-13-12-2-1-3(15)11-9(20)14(2)7-5(17)4(16)6(21-7)8(18)19/h1,4-7,16-17H,(H,18,19)(H,11,15,20)/t4-,5+,6-,7+/m0/s1. The first-order valence-electron chi connectivity index (χ1n) is 5.52. The van der Waals surface area contributed by atoms with Gasteiger partial charge in [-0.25, -0.2) is 9.59 Å². The smallest absolute Gasteiger partial charge is 0.335 e. The molecule has 1 aliphatic rings. The van der Waals surface area contributed by atoms with Gasteiger partial charge in [-0.3, -0.25) is 14.3 Å². The van der Waals surface area contributed by atoms with E-state index in [0.29, 0.717) is 4.57 Å². The Hall–Kier alpha value is -2.66. The molecular weight excluding hydrogens is 290 g/mol. The number of ether oxygens (including phenoxy) is 1. The van der Waals surface area contributed by atoms with Gasteiger partial charge in [0.1, 0.15) is 18.0 Å². The van der Waals surface area contributed by atoms with Gasteiger partial charge in [0.25, 0.3) is 5.56 Å². The Balaban J connectivity index is 2.57. The quantitative estimate of drug-likeness (QED) is 0.287. The molecule has 1 saturated heterocycles. The summed E-state index contributed by atoms with van der Waals surface area (Å²) in [6.07, 6.45) is -6.98. The van der Waals surface area contributed by atoms with Crippen LogP contribution in [0, 0.1) is 0 Å². The van der Waals surface area contributed by atoms with E-state index in [2.05, 4.69) is 10.0 Å². The van der Waals surface area contributed by atoms with Crippen molar-refractivity contribution in [1.29, 1.82) is 0 Å². The summed E-state index contributed by atoms with van der Waals surface area (Å²) in [4.78, 5) is 38.0. The molecule has 12 heteroatoms. The lowest BCUT2D eigenvalue weighted by Gasteiger charge is -2.18. The van der Waals surface area contributed by atoms with Crippen molar-refractivity contribution in [3.8, 4) is 0 Å². The molecule has 0 aliphatic carbocycles. The molecule has 0 aromatic carbocycles. The van der Waals surface area contributed by atoms with E-state index < -0.39 is 47.6 Å². The third-order valence-corrected chi connectivity index (χ3v) is 2.84. The van der Waals surface area contributed by atoms with E-state index in [9.17, 15) is 24.6 Å². The van der Waals surface area contributed by atoms with E-state index >= 15 is 0 Å². The van der Waals surface area contributed by atoms with Gasteiger partial charge in [-0.05, 0) is 10.6 Å². The number of aliphatic carboxylic acids is 1. The van der Waals surface area contributed by atoms with E-state index in [1.165, 1.54) is 0 Å². The SMILES string of the molecule is [N-]=[N+]=Nc1cc(=O)[nH]c(=O)n1[C@@H]1O[C@H](C(=O)O)[C@@H](O)[C@H]1O. The van der Waals surface area contributed by atoms with Crippen molar-refractivity contribution in [2.45, 2.75) is 24.5 Å². The zero-order chi connectivity index (χ0) is 15.7. The second kappa shape index (κ2) is 5.38. The van der Waals surface area contributed by atoms with Crippen LogP contribution in [-0.2, 0) is 9.53 Å². The molecule has 112 valence electrons. The van der Waals surface area contributed by atoms with Crippen molar-refractivity contribution >= 4 is 11.8 Å². The van der Waals surface area contributed by atoms with E-state index in [-0.39, 0.29) is 0 Å². The molecule has 1 aromatic heterocycles. The first-order valence-corrected chi connectivity index (χ1v) is 5.52. The van der Waals surface area contributed by atoms with Crippen LogP contribution >= 0.6 is 0 Å². The fourth-order valence-corrected chi connectivity index (χ4v) is 1.94. The average Bonchev–Trinajstić information content (AvgIpc) is 2.67. The van der Waals surface area contributed by atoms with E-state index in [4.69, 9.17) is 15.4 Å². The fraction of sp³-hybridized carbons (Fsp3) is 0.444. The second-order valence-electron chi connectivity index (χ2n) is 4.12. The molecule has 0 saturated carbocycles. The number of aliphatic hydroxyl groups is 2. The highest BCUT2D eigenvalue weighted by molar-refractivity contribution is 5.73. The van der Waals surface area contributed by atoms with Crippen LogP contribution in [0.4, 0.5) is 5.82 Å². The maximum atomic E-state index is 11.8. The van der Waals surface area contributed by atoms with E-state index in [1.807, 2.05) is 4.98 Å². The summed E-state index contributed by atoms with van der Waals surface area (Å²) >= 11 is 0. The Kier molecular flexibility index (Phi) is 3.78. The molecule has 4 atom stereocenters. The number of nitrogens with one attached hydrogen (secondary N) is 1. The van der Waals surface area contributed by atoms with Crippen LogP contribution in [0.15, 0.2) is 20.8 Å². The number of carbonyl (C=O) groups is 1. The highest BCUT2D eigenvalue weighted by Crippen LogP contribution is 2.30. The molecule has 2 rings (SSSR count). The Morgan fingerprint density at radius 1 is 1.43 bits per heavy atom. The Morgan fingerprint density at radius 2 is 2.10 bits per heavy atom. The molecule has 0 radical (unpaired) electrons. The van der Waals surface area contributed by atoms with E-state index in [1.54, 1.807) is 0 Å². The predicted molar refractivity (Wildman–Crippen MR) is 63.7 cm³/mol. The largest absolute Gasteiger partial charge is 0.479 e. The summed E-state index contributed by atoms with van der Waals surface area (Å²) in [5.74, 6) is -2.04. The zero-order valence-corrected chi connectivity index (χ0v) is 10.2. The van der Waals surface area contributed by atoms with Crippen molar-refractivity contribution in [3.63, 3.8) is 0 Å². The van der Waals surface area contributed by atoms with Crippen LogP contribution in [-0.4, -0.2) is 49.2 Å². The van der Waals surface area contributed by atoms with Crippen molar-refractivity contribution in [3.05, 3.63) is 37.3 Å². The maximum absolute atomic E-state index is 11.8. The number of aliphatic hydroxyl groups excluding tert-OH is 2. The van der Waals surface area contributed by atoms with Gasteiger partial charge >= 0.3 is 11.7 Å². The minimum Gasteiger partial charge on any atom is -0.479 e. The van der Waals surface area contributed by atoms with Crippen molar-refractivity contribution < 1.29 is 24.9 Å². The van der Waals surface area contributed by atoms with Gasteiger partial charge in [0.2, 0.25) is 0 Å². The van der Waals surface area contributed by atoms with Gasteiger partial charge in [0.05, 0.1) is 0 Å². The van der Waals surface area contributed by atoms with Crippen molar-refractivity contribution in [1.82, 2.24) is 9.55 Å². The number of carboxylic acids is 1. The molecule has 21 heavy (non-hydrogen) atoms. The Labute approximate surface area is 114 Å². The van der Waals surface area contributed by atoms with Gasteiger partial charge in [0.15, 0.2) is 12.3 Å². The molecule has 2 heterocycles. The highest BCUT2D eigenvalue weighted by atomic mass is 16.6. The van der Waals surface area contributed by atoms with Crippen LogP contribution in [0.3, 0.4) is 0 Å². The van der Waals surface area contributed by atoms with Crippen LogP contribution in [0.1, 0.15) is 6.23 Å². The molecule has 0 unspecified atom stereocenters. The first-order chi connectivity index (χ1) is 9.86. The third-order valence-electron chi connectivity index (χ3n) is 2.84. The summed E-state index contributed by atoms with van der Waals surface area (Å²) in [5, 5.41) is 31.3. The van der Waals surface area contributed by atoms with E-state index in [0.717, 1.165) is 6.07 Å². The Bertz CT molecular complexity index is 733. The number of carboxylic acid groups (broad SMARTS) is 1. The number of aromatic nitrogens is 2. The number of hydrogen-bond acceptors (Lipinski definition) is 7. The monoisotopic (exact) mass is 299 g/mol. The highest BCUT2D eigenvalue weighted by Gasteiger charge is 2.48.